The third kappa shape index (κ3) is 4.22. The normalized spacial score (nSPS) is 19.2. The van der Waals surface area contributed by atoms with E-state index < -0.39 is 0 Å². The van der Waals surface area contributed by atoms with Gasteiger partial charge < -0.3 is 4.90 Å². The zero-order valence-electron chi connectivity index (χ0n) is 12.1. The van der Waals surface area contributed by atoms with E-state index in [2.05, 4.69) is 29.2 Å². The Morgan fingerprint density at radius 1 is 1.40 bits per heavy atom. The molecule has 0 N–H and O–H groups in total. The quantitative estimate of drug-likeness (QED) is 0.753. The van der Waals surface area contributed by atoms with Crippen LogP contribution in [0.5, 0.6) is 0 Å². The standard InChI is InChI=1S/C16H23ClN2O/c1-2-19(16(20)10-17)13-15-8-9-18(12-15)11-14-6-4-3-5-7-14/h3-7,15H,2,8-13H2,1H3/t15-/m0/s1. The first-order chi connectivity index (χ1) is 9.72. The van der Waals surface area contributed by atoms with E-state index >= 15 is 0 Å². The fourth-order valence-electron chi connectivity index (χ4n) is 2.85. The molecule has 0 radical (unpaired) electrons. The molecule has 1 heterocycles. The molecule has 1 aliphatic rings. The van der Waals surface area contributed by atoms with E-state index in [0.717, 1.165) is 32.7 Å². The number of hydrogen-bond donors (Lipinski definition) is 0. The van der Waals surface area contributed by atoms with Crippen LogP contribution in [-0.2, 0) is 11.3 Å². The van der Waals surface area contributed by atoms with Gasteiger partial charge in [-0.25, -0.2) is 0 Å². The minimum Gasteiger partial charge on any atom is -0.342 e. The first-order valence-electron chi connectivity index (χ1n) is 7.33. The SMILES string of the molecule is CCN(C[C@H]1CCN(Cc2ccccc2)C1)C(=O)CCl. The van der Waals surface area contributed by atoms with E-state index in [1.165, 1.54) is 12.0 Å². The van der Waals surface area contributed by atoms with Crippen molar-refractivity contribution in [2.45, 2.75) is 19.9 Å². The van der Waals surface area contributed by atoms with Gasteiger partial charge in [0.05, 0.1) is 0 Å². The number of benzene rings is 1. The minimum atomic E-state index is 0.0516. The molecular weight excluding hydrogens is 272 g/mol. The third-order valence-electron chi connectivity index (χ3n) is 3.95. The molecule has 1 atom stereocenters. The van der Waals surface area contributed by atoms with Crippen molar-refractivity contribution >= 4 is 17.5 Å². The Morgan fingerprint density at radius 3 is 2.80 bits per heavy atom. The fraction of sp³-hybridized carbons (Fsp3) is 0.562. The van der Waals surface area contributed by atoms with Crippen LogP contribution in [0.2, 0.25) is 0 Å². The lowest BCUT2D eigenvalue weighted by atomic mass is 10.1. The van der Waals surface area contributed by atoms with Crippen molar-refractivity contribution in [3.63, 3.8) is 0 Å². The van der Waals surface area contributed by atoms with E-state index in [1.54, 1.807) is 0 Å². The van der Waals surface area contributed by atoms with Crippen LogP contribution in [0.1, 0.15) is 18.9 Å². The molecule has 1 aromatic carbocycles. The first-order valence-corrected chi connectivity index (χ1v) is 7.86. The van der Waals surface area contributed by atoms with Crippen molar-refractivity contribution in [2.75, 3.05) is 32.1 Å². The highest BCUT2D eigenvalue weighted by Crippen LogP contribution is 2.19. The predicted octanol–water partition coefficient (Wildman–Crippen LogP) is 2.60. The molecule has 1 aliphatic heterocycles. The van der Waals surface area contributed by atoms with Gasteiger partial charge in [-0.15, -0.1) is 11.6 Å². The Balaban J connectivity index is 1.81. The van der Waals surface area contributed by atoms with E-state index in [1.807, 2.05) is 17.9 Å². The monoisotopic (exact) mass is 294 g/mol. The molecule has 1 aromatic rings. The summed E-state index contributed by atoms with van der Waals surface area (Å²) >= 11 is 5.65. The van der Waals surface area contributed by atoms with Crippen LogP contribution in [0.25, 0.3) is 0 Å². The molecule has 110 valence electrons. The molecule has 0 aromatic heterocycles. The summed E-state index contributed by atoms with van der Waals surface area (Å²) in [5.41, 5.74) is 1.36. The molecule has 0 unspecified atom stereocenters. The topological polar surface area (TPSA) is 23.6 Å². The molecule has 0 bridgehead atoms. The highest BCUT2D eigenvalue weighted by molar-refractivity contribution is 6.27. The lowest BCUT2D eigenvalue weighted by Gasteiger charge is -2.24. The highest BCUT2D eigenvalue weighted by atomic mass is 35.5. The Hall–Kier alpha value is -1.06. The Morgan fingerprint density at radius 2 is 2.15 bits per heavy atom. The number of alkyl halides is 1. The number of halogens is 1. The van der Waals surface area contributed by atoms with Gasteiger partial charge in [0.1, 0.15) is 5.88 Å². The Labute approximate surface area is 126 Å². The zero-order chi connectivity index (χ0) is 14.4. The van der Waals surface area contributed by atoms with Crippen LogP contribution in [0.15, 0.2) is 30.3 Å². The van der Waals surface area contributed by atoms with Crippen molar-refractivity contribution in [3.8, 4) is 0 Å². The fourth-order valence-corrected chi connectivity index (χ4v) is 3.02. The molecule has 1 amide bonds. The summed E-state index contributed by atoms with van der Waals surface area (Å²) in [7, 11) is 0. The van der Waals surface area contributed by atoms with Crippen LogP contribution >= 0.6 is 11.6 Å². The summed E-state index contributed by atoms with van der Waals surface area (Å²) < 4.78 is 0. The smallest absolute Gasteiger partial charge is 0.237 e. The van der Waals surface area contributed by atoms with Gasteiger partial charge in [-0.1, -0.05) is 30.3 Å². The van der Waals surface area contributed by atoms with Crippen molar-refractivity contribution < 1.29 is 4.79 Å². The van der Waals surface area contributed by atoms with Gasteiger partial charge in [0.15, 0.2) is 0 Å². The molecule has 0 spiro atoms. The van der Waals surface area contributed by atoms with E-state index in [0.29, 0.717) is 5.92 Å². The average molecular weight is 295 g/mol. The number of nitrogens with zero attached hydrogens (tertiary/aromatic N) is 2. The maximum atomic E-state index is 11.7. The number of carbonyl (C=O) groups excluding carboxylic acids is 1. The maximum Gasteiger partial charge on any atom is 0.237 e. The van der Waals surface area contributed by atoms with Crippen LogP contribution in [0, 0.1) is 5.92 Å². The van der Waals surface area contributed by atoms with Crippen molar-refractivity contribution in [2.24, 2.45) is 5.92 Å². The summed E-state index contributed by atoms with van der Waals surface area (Å²) in [6, 6.07) is 10.6. The van der Waals surface area contributed by atoms with Gasteiger partial charge in [-0.05, 0) is 31.4 Å². The number of amides is 1. The Bertz CT molecular complexity index is 424. The van der Waals surface area contributed by atoms with E-state index in [-0.39, 0.29) is 11.8 Å². The number of carbonyl (C=O) groups is 1. The summed E-state index contributed by atoms with van der Waals surface area (Å²) in [5, 5.41) is 0. The van der Waals surface area contributed by atoms with Gasteiger partial charge in [-0.3, -0.25) is 9.69 Å². The molecule has 2 rings (SSSR count). The van der Waals surface area contributed by atoms with Gasteiger partial charge in [0, 0.05) is 26.2 Å². The second-order valence-corrected chi connectivity index (χ2v) is 5.71. The lowest BCUT2D eigenvalue weighted by Crippen LogP contribution is -2.36. The Kier molecular flexibility index (Phi) is 5.86. The van der Waals surface area contributed by atoms with Crippen LogP contribution in [0.3, 0.4) is 0 Å². The molecule has 1 fully saturated rings. The lowest BCUT2D eigenvalue weighted by molar-refractivity contribution is -0.128. The van der Waals surface area contributed by atoms with Gasteiger partial charge >= 0.3 is 0 Å². The first kappa shape index (κ1) is 15.3. The second-order valence-electron chi connectivity index (χ2n) is 5.44. The van der Waals surface area contributed by atoms with Gasteiger partial charge in [-0.2, -0.15) is 0 Å². The molecule has 20 heavy (non-hydrogen) atoms. The van der Waals surface area contributed by atoms with Crippen LogP contribution < -0.4 is 0 Å². The molecule has 4 heteroatoms. The van der Waals surface area contributed by atoms with E-state index in [4.69, 9.17) is 11.6 Å². The average Bonchev–Trinajstić information content (AvgIpc) is 2.92. The molecular formula is C16H23ClN2O. The van der Waals surface area contributed by atoms with Gasteiger partial charge in [0.25, 0.3) is 0 Å². The number of rotatable bonds is 6. The molecule has 0 saturated carbocycles. The predicted molar refractivity (Wildman–Crippen MR) is 82.8 cm³/mol. The summed E-state index contributed by atoms with van der Waals surface area (Å²) in [4.78, 5) is 16.0. The molecule has 1 saturated heterocycles. The molecule has 0 aliphatic carbocycles. The van der Waals surface area contributed by atoms with Crippen LogP contribution in [0.4, 0.5) is 0 Å². The largest absolute Gasteiger partial charge is 0.342 e. The summed E-state index contributed by atoms with van der Waals surface area (Å²) in [6.45, 7) is 6.80. The zero-order valence-corrected chi connectivity index (χ0v) is 12.9. The highest BCUT2D eigenvalue weighted by Gasteiger charge is 2.25. The molecule has 3 nitrogen and oxygen atoms in total. The summed E-state index contributed by atoms with van der Waals surface area (Å²) in [6.07, 6.45) is 1.17. The number of hydrogen-bond acceptors (Lipinski definition) is 2. The maximum absolute atomic E-state index is 11.7. The summed E-state index contributed by atoms with van der Waals surface area (Å²) in [5.74, 6) is 0.718. The van der Waals surface area contributed by atoms with Crippen molar-refractivity contribution in [3.05, 3.63) is 35.9 Å². The van der Waals surface area contributed by atoms with Crippen molar-refractivity contribution in [1.82, 2.24) is 9.80 Å². The number of likely N-dealkylation sites (tertiary alicyclic amines) is 1. The van der Waals surface area contributed by atoms with Gasteiger partial charge in [0.2, 0.25) is 5.91 Å². The van der Waals surface area contributed by atoms with E-state index in [9.17, 15) is 4.79 Å². The van der Waals surface area contributed by atoms with Crippen LogP contribution in [-0.4, -0.2) is 47.8 Å². The third-order valence-corrected chi connectivity index (χ3v) is 4.17. The van der Waals surface area contributed by atoms with Crippen molar-refractivity contribution in [1.29, 1.82) is 0 Å². The minimum absolute atomic E-state index is 0.0516. The second kappa shape index (κ2) is 7.65.